The summed E-state index contributed by atoms with van der Waals surface area (Å²) < 4.78 is 5.51. The highest BCUT2D eigenvalue weighted by atomic mass is 16.5. The normalized spacial score (nSPS) is 20.9. The number of hydrogen-bond acceptors (Lipinski definition) is 6. The van der Waals surface area contributed by atoms with Crippen molar-refractivity contribution in [1.82, 2.24) is 5.32 Å². The molecule has 0 saturated heterocycles. The summed E-state index contributed by atoms with van der Waals surface area (Å²) in [4.78, 5) is 37.3. The Morgan fingerprint density at radius 2 is 1.58 bits per heavy atom. The van der Waals surface area contributed by atoms with Gasteiger partial charge in [0.1, 0.15) is 24.4 Å². The molecule has 0 fully saturated rings. The first-order valence-corrected chi connectivity index (χ1v) is 14.5. The molecule has 0 saturated carbocycles. The molecular formula is C34H36N2O7. The van der Waals surface area contributed by atoms with E-state index in [1.807, 2.05) is 54.6 Å². The molecule has 0 bridgehead atoms. The molecule has 0 spiro atoms. The van der Waals surface area contributed by atoms with Crippen molar-refractivity contribution in [1.29, 1.82) is 0 Å². The van der Waals surface area contributed by atoms with Crippen LogP contribution in [0, 0.1) is 0 Å². The number of aliphatic hydroxyl groups is 2. The lowest BCUT2D eigenvalue weighted by Gasteiger charge is -2.32. The molecule has 2 aliphatic rings. The monoisotopic (exact) mass is 584 g/mol. The zero-order valence-electron chi connectivity index (χ0n) is 23.7. The Morgan fingerprint density at radius 3 is 2.23 bits per heavy atom. The number of amides is 2. The van der Waals surface area contributed by atoms with Crippen molar-refractivity contribution in [2.24, 2.45) is 0 Å². The number of alkyl carbamates (subject to hydrolysis) is 1. The molecule has 0 heterocycles. The minimum absolute atomic E-state index is 0.00599. The van der Waals surface area contributed by atoms with Crippen molar-refractivity contribution in [2.45, 2.75) is 62.2 Å². The van der Waals surface area contributed by atoms with Crippen molar-refractivity contribution < 1.29 is 34.4 Å². The summed E-state index contributed by atoms with van der Waals surface area (Å²) in [5.41, 5.74) is 3.87. The van der Waals surface area contributed by atoms with E-state index in [0.29, 0.717) is 24.1 Å². The Balaban J connectivity index is 1.15. The van der Waals surface area contributed by atoms with E-state index >= 15 is 0 Å². The predicted molar refractivity (Wildman–Crippen MR) is 162 cm³/mol. The maximum absolute atomic E-state index is 12.7. The predicted octanol–water partition coefficient (Wildman–Crippen LogP) is 4.77. The summed E-state index contributed by atoms with van der Waals surface area (Å²) >= 11 is 0. The zero-order valence-corrected chi connectivity index (χ0v) is 23.7. The molecular weight excluding hydrogens is 548 g/mol. The minimum atomic E-state index is -1.54. The number of carbonyl (C=O) groups is 3. The van der Waals surface area contributed by atoms with Crippen molar-refractivity contribution in [3.63, 3.8) is 0 Å². The molecule has 0 aromatic heterocycles. The molecule has 0 aliphatic heterocycles. The molecule has 5 rings (SSSR count). The highest BCUT2D eigenvalue weighted by Gasteiger charge is 2.36. The van der Waals surface area contributed by atoms with Crippen molar-refractivity contribution in [3.8, 4) is 11.1 Å². The van der Waals surface area contributed by atoms with E-state index in [-0.39, 0.29) is 25.4 Å². The van der Waals surface area contributed by atoms with E-state index in [0.717, 1.165) is 35.1 Å². The van der Waals surface area contributed by atoms with Crippen molar-refractivity contribution in [2.75, 3.05) is 11.9 Å². The Bertz CT molecular complexity index is 1460. The van der Waals surface area contributed by atoms with Gasteiger partial charge < -0.3 is 30.7 Å². The quantitative estimate of drug-likeness (QED) is 0.228. The maximum atomic E-state index is 12.7. The van der Waals surface area contributed by atoms with Crippen LogP contribution < -0.4 is 10.6 Å². The molecule has 9 nitrogen and oxygen atoms in total. The number of aliphatic hydroxyl groups excluding tert-OH is 1. The molecule has 3 aromatic carbocycles. The first kappa shape index (κ1) is 30.0. The first-order chi connectivity index (χ1) is 20.7. The fourth-order valence-electron chi connectivity index (χ4n) is 5.86. The number of fused-ring (bicyclic) bond motifs is 3. The van der Waals surface area contributed by atoms with Gasteiger partial charge in [0.2, 0.25) is 5.91 Å². The van der Waals surface area contributed by atoms with Gasteiger partial charge in [0, 0.05) is 18.0 Å². The number of hydrogen-bond donors (Lipinski definition) is 5. The van der Waals surface area contributed by atoms with Crippen LogP contribution in [0.1, 0.15) is 54.7 Å². The smallest absolute Gasteiger partial charge is 0.407 e. The molecule has 2 aliphatic carbocycles. The summed E-state index contributed by atoms with van der Waals surface area (Å²) in [5, 5.41) is 36.2. The lowest BCUT2D eigenvalue weighted by atomic mass is 9.84. The van der Waals surface area contributed by atoms with Gasteiger partial charge in [0.05, 0.1) is 6.42 Å². The number of anilines is 1. The molecule has 43 heavy (non-hydrogen) atoms. The Morgan fingerprint density at radius 1 is 0.930 bits per heavy atom. The van der Waals surface area contributed by atoms with Gasteiger partial charge in [-0.2, -0.15) is 0 Å². The van der Waals surface area contributed by atoms with Crippen LogP contribution >= 0.6 is 0 Å². The first-order valence-electron chi connectivity index (χ1n) is 14.5. The number of aliphatic carboxylic acids is 1. The second kappa shape index (κ2) is 13.2. The van der Waals surface area contributed by atoms with Gasteiger partial charge in [-0.15, -0.1) is 0 Å². The lowest BCUT2D eigenvalue weighted by Crippen LogP contribution is -2.44. The van der Waals surface area contributed by atoms with Crippen LogP contribution in [0.4, 0.5) is 10.5 Å². The molecule has 5 N–H and O–H groups in total. The molecule has 2 unspecified atom stereocenters. The second-order valence-electron chi connectivity index (χ2n) is 11.2. The van der Waals surface area contributed by atoms with E-state index in [4.69, 9.17) is 4.74 Å². The molecule has 9 heteroatoms. The second-order valence-corrected chi connectivity index (χ2v) is 11.2. The number of carbonyl (C=O) groups excluding carboxylic acids is 2. The lowest BCUT2D eigenvalue weighted by molar-refractivity contribution is -0.139. The van der Waals surface area contributed by atoms with E-state index in [1.165, 1.54) is 6.08 Å². The van der Waals surface area contributed by atoms with Crippen LogP contribution in [-0.4, -0.2) is 57.6 Å². The van der Waals surface area contributed by atoms with Gasteiger partial charge >= 0.3 is 12.1 Å². The maximum Gasteiger partial charge on any atom is 0.407 e. The van der Waals surface area contributed by atoms with Gasteiger partial charge in [0.15, 0.2) is 0 Å². The van der Waals surface area contributed by atoms with E-state index in [2.05, 4.69) is 10.6 Å². The average Bonchev–Trinajstić information content (AvgIpc) is 3.31. The fraction of sp³-hybridized carbons (Fsp3) is 0.324. The van der Waals surface area contributed by atoms with E-state index < -0.39 is 35.7 Å². The number of carboxylic acids is 1. The van der Waals surface area contributed by atoms with E-state index in [1.54, 1.807) is 24.3 Å². The Labute approximate surface area is 250 Å². The molecule has 224 valence electrons. The fourth-order valence-corrected chi connectivity index (χ4v) is 5.86. The van der Waals surface area contributed by atoms with Gasteiger partial charge in [-0.25, -0.2) is 9.59 Å². The number of allylic oxidation sites excluding steroid dienone is 1. The Hall–Kier alpha value is -4.47. The largest absolute Gasteiger partial charge is 0.480 e. The molecule has 3 atom stereocenters. The van der Waals surface area contributed by atoms with Gasteiger partial charge in [-0.1, -0.05) is 79.2 Å². The Kier molecular flexibility index (Phi) is 9.23. The molecule has 3 aromatic rings. The summed E-state index contributed by atoms with van der Waals surface area (Å²) in [6.07, 6.45) is 3.89. The molecule has 2 amide bonds. The average molecular weight is 585 g/mol. The zero-order chi connectivity index (χ0) is 30.4. The van der Waals surface area contributed by atoms with Gasteiger partial charge in [0.25, 0.3) is 0 Å². The van der Waals surface area contributed by atoms with Crippen molar-refractivity contribution in [3.05, 3.63) is 102 Å². The number of carboxylic acid groups (broad SMARTS) is 1. The van der Waals surface area contributed by atoms with Crippen LogP contribution in [0.15, 0.2) is 84.9 Å². The minimum Gasteiger partial charge on any atom is -0.480 e. The topological polar surface area (TPSA) is 145 Å². The summed E-state index contributed by atoms with van der Waals surface area (Å²) in [6.45, 7) is 0.0725. The summed E-state index contributed by atoms with van der Waals surface area (Å²) in [5.74, 6) is -1.79. The van der Waals surface area contributed by atoms with Crippen LogP contribution in [0.2, 0.25) is 0 Å². The van der Waals surface area contributed by atoms with E-state index in [9.17, 15) is 29.7 Å². The molecule has 0 radical (unpaired) electrons. The number of rotatable bonds is 9. The highest BCUT2D eigenvalue weighted by molar-refractivity contribution is 5.91. The van der Waals surface area contributed by atoms with Crippen LogP contribution in [0.25, 0.3) is 11.1 Å². The number of ether oxygens (including phenoxy) is 1. The van der Waals surface area contributed by atoms with Crippen LogP contribution in [-0.2, 0) is 20.7 Å². The summed E-state index contributed by atoms with van der Waals surface area (Å²) in [7, 11) is 0. The number of nitrogens with one attached hydrogen (secondary N) is 2. The highest BCUT2D eigenvalue weighted by Crippen LogP contribution is 2.44. The summed E-state index contributed by atoms with van der Waals surface area (Å²) in [6, 6.07) is 21.3. The third kappa shape index (κ3) is 7.13. The van der Waals surface area contributed by atoms with Crippen LogP contribution in [0.5, 0.6) is 0 Å². The van der Waals surface area contributed by atoms with Crippen molar-refractivity contribution >= 4 is 23.7 Å². The van der Waals surface area contributed by atoms with Gasteiger partial charge in [-0.3, -0.25) is 4.79 Å². The third-order valence-electron chi connectivity index (χ3n) is 8.18. The SMILES string of the molecule is O=C(CC1(O)CCCC/C=C\C1O)Nc1ccc(C[C@H](NC(=O)OCC2c3ccccc3-c3ccccc32)C(=O)O)cc1. The third-order valence-corrected chi connectivity index (χ3v) is 8.18. The number of benzene rings is 3. The van der Waals surface area contributed by atoms with Crippen LogP contribution in [0.3, 0.4) is 0 Å². The standard InChI is InChI=1S/C34H36N2O7/c37-30-13-3-1-2-8-18-34(30,42)20-31(38)35-23-16-14-22(15-17-23)19-29(32(39)40)36-33(41)43-21-28-26-11-6-4-9-24(26)25-10-5-7-12-27(25)28/h3-7,9-17,28-30,37,42H,1-2,8,18-21H2,(H,35,38)(H,36,41)(H,39,40)/b13-3-/t29-,30?,34?/m0/s1. The van der Waals surface area contributed by atoms with Gasteiger partial charge in [-0.05, 0) is 59.2 Å².